The Morgan fingerprint density at radius 2 is 1.68 bits per heavy atom. The number of aliphatic imine (C=N–C) groups is 1. The van der Waals surface area contributed by atoms with Gasteiger partial charge in [0.1, 0.15) is 5.92 Å². The van der Waals surface area contributed by atoms with Crippen LogP contribution in [0.25, 0.3) is 0 Å². The van der Waals surface area contributed by atoms with Gasteiger partial charge in [0.25, 0.3) is 0 Å². The molecule has 2 N–H and O–H groups in total. The molecule has 8 heteroatoms. The Morgan fingerprint density at radius 3 is 2.32 bits per heavy atom. The van der Waals surface area contributed by atoms with E-state index >= 15 is 0 Å². The molecular weight excluding hydrogens is 484 g/mol. The van der Waals surface area contributed by atoms with E-state index in [1.54, 1.807) is 18.2 Å². The first-order valence-corrected chi connectivity index (χ1v) is 14.4. The van der Waals surface area contributed by atoms with Crippen molar-refractivity contribution in [3.63, 3.8) is 0 Å². The van der Waals surface area contributed by atoms with Gasteiger partial charge in [0, 0.05) is 17.9 Å². The highest BCUT2D eigenvalue weighted by Crippen LogP contribution is 2.38. The predicted octanol–water partition coefficient (Wildman–Crippen LogP) is 5.54. The number of carbonyl (C=O) groups is 1. The molecule has 4 rings (SSSR count). The lowest BCUT2D eigenvalue weighted by molar-refractivity contribution is -0.115. The van der Waals surface area contributed by atoms with Crippen molar-refractivity contribution in [3.8, 4) is 0 Å². The first kappa shape index (κ1) is 26.6. The highest BCUT2D eigenvalue weighted by atomic mass is 32.2. The summed E-state index contributed by atoms with van der Waals surface area (Å²) in [6.07, 6.45) is 0.515. The molecule has 37 heavy (non-hydrogen) atoms. The lowest BCUT2D eigenvalue weighted by Gasteiger charge is -2.18. The largest absolute Gasteiger partial charge is 0.325 e. The van der Waals surface area contributed by atoms with Gasteiger partial charge in [-0.3, -0.25) is 19.4 Å². The fourth-order valence-electron chi connectivity index (χ4n) is 4.52. The second-order valence-corrected chi connectivity index (χ2v) is 11.0. The second kappa shape index (κ2) is 11.7. The summed E-state index contributed by atoms with van der Waals surface area (Å²) in [7, 11) is -3.46. The minimum Gasteiger partial charge on any atom is -0.325 e. The molecule has 1 aliphatic rings. The SMILES string of the molecule is CCCS(=O)(=O)Nc1ccc2c(c1)C(C(=Nc1ccc(CN(CC)CC)cc1)c1ccccc1)C(=O)N2. The van der Waals surface area contributed by atoms with Crippen LogP contribution in [-0.2, 0) is 21.4 Å². The summed E-state index contributed by atoms with van der Waals surface area (Å²) >= 11 is 0. The van der Waals surface area contributed by atoms with Crippen molar-refractivity contribution >= 4 is 38.7 Å². The lowest BCUT2D eigenvalue weighted by Crippen LogP contribution is -2.22. The number of sulfonamides is 1. The summed E-state index contributed by atoms with van der Waals surface area (Å²) in [6.45, 7) is 8.97. The van der Waals surface area contributed by atoms with Crippen LogP contribution in [0.3, 0.4) is 0 Å². The highest BCUT2D eigenvalue weighted by Gasteiger charge is 2.35. The second-order valence-electron chi connectivity index (χ2n) is 9.14. The highest BCUT2D eigenvalue weighted by molar-refractivity contribution is 7.92. The quantitative estimate of drug-likeness (QED) is 0.326. The van der Waals surface area contributed by atoms with E-state index in [0.717, 1.165) is 30.9 Å². The van der Waals surface area contributed by atoms with E-state index in [1.807, 2.05) is 49.4 Å². The summed E-state index contributed by atoms with van der Waals surface area (Å²) in [4.78, 5) is 20.5. The standard InChI is InChI=1S/C29H34N4O3S/c1-4-18-37(35,36)32-24-16-17-26-25(19-24)27(29(34)31-26)28(22-10-8-7-9-11-22)30-23-14-12-21(13-15-23)20-33(5-2)6-3/h7-17,19,27,32H,4-6,18,20H2,1-3H3,(H,31,34). The number of nitrogens with one attached hydrogen (secondary N) is 2. The molecule has 1 unspecified atom stereocenters. The van der Waals surface area contributed by atoms with Crippen molar-refractivity contribution in [2.45, 2.75) is 39.7 Å². The molecule has 1 aliphatic heterocycles. The van der Waals surface area contributed by atoms with Crippen LogP contribution in [0, 0.1) is 0 Å². The van der Waals surface area contributed by atoms with Crippen LogP contribution >= 0.6 is 0 Å². The predicted molar refractivity (Wildman–Crippen MR) is 151 cm³/mol. The number of hydrogen-bond donors (Lipinski definition) is 2. The molecule has 0 fully saturated rings. The van der Waals surface area contributed by atoms with Crippen molar-refractivity contribution in [1.29, 1.82) is 0 Å². The summed E-state index contributed by atoms with van der Waals surface area (Å²) in [5, 5.41) is 2.94. The zero-order chi connectivity index (χ0) is 26.4. The van der Waals surface area contributed by atoms with Gasteiger partial charge in [0.05, 0.1) is 17.2 Å². The van der Waals surface area contributed by atoms with E-state index in [2.05, 4.69) is 40.9 Å². The van der Waals surface area contributed by atoms with Gasteiger partial charge in [-0.15, -0.1) is 0 Å². The molecule has 7 nitrogen and oxygen atoms in total. The first-order chi connectivity index (χ1) is 17.8. The van der Waals surface area contributed by atoms with Crippen molar-refractivity contribution in [2.75, 3.05) is 28.9 Å². The molecule has 0 spiro atoms. The Morgan fingerprint density at radius 1 is 0.973 bits per heavy atom. The van der Waals surface area contributed by atoms with Crippen LogP contribution in [0.15, 0.2) is 77.8 Å². The molecule has 0 aromatic heterocycles. The van der Waals surface area contributed by atoms with Gasteiger partial charge < -0.3 is 5.32 Å². The molecule has 0 radical (unpaired) electrons. The fraction of sp³-hybridized carbons (Fsp3) is 0.310. The number of carbonyl (C=O) groups excluding carboxylic acids is 1. The molecule has 0 aliphatic carbocycles. The van der Waals surface area contributed by atoms with Crippen molar-refractivity contribution < 1.29 is 13.2 Å². The topological polar surface area (TPSA) is 90.9 Å². The summed E-state index contributed by atoms with van der Waals surface area (Å²) in [5.41, 5.74) is 5.19. The maximum absolute atomic E-state index is 13.2. The van der Waals surface area contributed by atoms with Gasteiger partial charge in [0.15, 0.2) is 0 Å². The molecule has 1 amide bonds. The Balaban J connectivity index is 1.72. The van der Waals surface area contributed by atoms with E-state index in [0.29, 0.717) is 29.1 Å². The van der Waals surface area contributed by atoms with Crippen molar-refractivity contribution in [3.05, 3.63) is 89.5 Å². The van der Waals surface area contributed by atoms with Crippen molar-refractivity contribution in [1.82, 2.24) is 4.90 Å². The van der Waals surface area contributed by atoms with Crippen LogP contribution in [0.2, 0.25) is 0 Å². The average molecular weight is 519 g/mol. The summed E-state index contributed by atoms with van der Waals surface area (Å²) in [6, 6.07) is 22.9. The molecule has 0 saturated carbocycles. The summed E-state index contributed by atoms with van der Waals surface area (Å²) in [5.74, 6) is -0.834. The molecule has 1 atom stereocenters. The monoisotopic (exact) mass is 518 g/mol. The molecular formula is C29H34N4O3S. The maximum atomic E-state index is 13.2. The molecule has 0 saturated heterocycles. The summed E-state index contributed by atoms with van der Waals surface area (Å²) < 4.78 is 27.3. The Kier molecular flexibility index (Phi) is 8.41. The first-order valence-electron chi connectivity index (χ1n) is 12.7. The number of hydrogen-bond acceptors (Lipinski definition) is 5. The molecule has 194 valence electrons. The van der Waals surface area contributed by atoms with E-state index < -0.39 is 15.9 Å². The van der Waals surface area contributed by atoms with Gasteiger partial charge in [-0.25, -0.2) is 8.42 Å². The third-order valence-corrected chi connectivity index (χ3v) is 7.95. The van der Waals surface area contributed by atoms with Crippen LogP contribution in [-0.4, -0.2) is 43.8 Å². The number of fused-ring (bicyclic) bond motifs is 1. The third-order valence-electron chi connectivity index (χ3n) is 6.46. The Hall–Kier alpha value is -3.49. The number of rotatable bonds is 11. The van der Waals surface area contributed by atoms with E-state index in [4.69, 9.17) is 4.99 Å². The third kappa shape index (κ3) is 6.45. The van der Waals surface area contributed by atoms with E-state index in [9.17, 15) is 13.2 Å². The van der Waals surface area contributed by atoms with Gasteiger partial charge in [-0.05, 0) is 66.5 Å². The van der Waals surface area contributed by atoms with E-state index in [1.165, 1.54) is 5.56 Å². The minimum atomic E-state index is -3.46. The average Bonchev–Trinajstić information content (AvgIpc) is 3.21. The van der Waals surface area contributed by atoms with Crippen molar-refractivity contribution in [2.24, 2.45) is 4.99 Å². The van der Waals surface area contributed by atoms with E-state index in [-0.39, 0.29) is 11.7 Å². The number of amides is 1. The zero-order valence-corrected chi connectivity index (χ0v) is 22.4. The van der Waals surface area contributed by atoms with Crippen LogP contribution in [0.4, 0.5) is 17.1 Å². The number of nitrogens with zero attached hydrogens (tertiary/aromatic N) is 2. The van der Waals surface area contributed by atoms with Gasteiger partial charge in [0.2, 0.25) is 15.9 Å². The molecule has 3 aromatic carbocycles. The van der Waals surface area contributed by atoms with Gasteiger partial charge in [-0.1, -0.05) is 63.2 Å². The van der Waals surface area contributed by atoms with Crippen LogP contribution in [0.1, 0.15) is 49.8 Å². The maximum Gasteiger partial charge on any atom is 0.238 e. The lowest BCUT2D eigenvalue weighted by atomic mass is 9.90. The Bertz CT molecular complexity index is 1370. The minimum absolute atomic E-state index is 0.0334. The van der Waals surface area contributed by atoms with Gasteiger partial charge >= 0.3 is 0 Å². The molecule has 1 heterocycles. The smallest absolute Gasteiger partial charge is 0.238 e. The van der Waals surface area contributed by atoms with Crippen LogP contribution in [0.5, 0.6) is 0 Å². The normalized spacial score (nSPS) is 15.5. The number of anilines is 2. The fourth-order valence-corrected chi connectivity index (χ4v) is 5.65. The zero-order valence-electron chi connectivity index (χ0n) is 21.6. The molecule has 3 aromatic rings. The van der Waals surface area contributed by atoms with Gasteiger partial charge in [-0.2, -0.15) is 0 Å². The number of benzene rings is 3. The molecule has 0 bridgehead atoms. The van der Waals surface area contributed by atoms with Crippen LogP contribution < -0.4 is 10.0 Å². The Labute approximate surface area is 219 Å².